The van der Waals surface area contributed by atoms with Gasteiger partial charge in [-0.15, -0.1) is 0 Å². The molecule has 0 aliphatic heterocycles. The fourth-order valence-corrected chi connectivity index (χ4v) is 3.29. The molecule has 19 heavy (non-hydrogen) atoms. The lowest BCUT2D eigenvalue weighted by Crippen LogP contribution is -2.38. The second-order valence-corrected chi connectivity index (χ2v) is 6.20. The molecule has 5 nitrogen and oxygen atoms in total. The highest BCUT2D eigenvalue weighted by Gasteiger charge is 2.27. The van der Waals surface area contributed by atoms with Crippen LogP contribution >= 0.6 is 0 Å². The lowest BCUT2D eigenvalue weighted by Gasteiger charge is -2.25. The zero-order valence-electron chi connectivity index (χ0n) is 10.7. The number of sulfonamides is 1. The van der Waals surface area contributed by atoms with Gasteiger partial charge in [0.25, 0.3) is 0 Å². The predicted octanol–water partition coefficient (Wildman–Crippen LogP) is 1.70. The van der Waals surface area contributed by atoms with Crippen LogP contribution in [-0.2, 0) is 14.8 Å². The molecule has 0 unspecified atom stereocenters. The summed E-state index contributed by atoms with van der Waals surface area (Å²) in [7, 11) is -3.89. The van der Waals surface area contributed by atoms with E-state index in [1.807, 2.05) is 0 Å². The molecule has 106 valence electrons. The molecule has 1 aromatic carbocycles. The molecule has 1 aromatic rings. The van der Waals surface area contributed by atoms with Crippen molar-refractivity contribution in [2.45, 2.75) is 31.2 Å². The van der Waals surface area contributed by atoms with Crippen molar-refractivity contribution in [1.82, 2.24) is 4.31 Å². The second-order valence-electron chi connectivity index (χ2n) is 4.31. The first-order chi connectivity index (χ1) is 8.75. The number of carboxylic acids is 1. The van der Waals surface area contributed by atoms with Crippen molar-refractivity contribution in [3.63, 3.8) is 0 Å². The molecule has 0 aliphatic carbocycles. The summed E-state index contributed by atoms with van der Waals surface area (Å²) in [6.45, 7) is 3.13. The van der Waals surface area contributed by atoms with Gasteiger partial charge in [0.05, 0.1) is 11.3 Å². The van der Waals surface area contributed by atoms with Crippen molar-refractivity contribution in [2.75, 3.05) is 6.54 Å². The fraction of sp³-hybridized carbons (Fsp3) is 0.417. The molecule has 0 bridgehead atoms. The predicted molar refractivity (Wildman–Crippen MR) is 67.7 cm³/mol. The van der Waals surface area contributed by atoms with Crippen molar-refractivity contribution in [2.24, 2.45) is 0 Å². The Morgan fingerprint density at radius 3 is 2.53 bits per heavy atom. The number of rotatable bonds is 6. The topological polar surface area (TPSA) is 74.7 Å². The number of hydrogen-bond donors (Lipinski definition) is 1. The Labute approximate surface area is 111 Å². The molecular formula is C12H16FNO4S. The van der Waals surface area contributed by atoms with E-state index in [0.29, 0.717) is 0 Å². The van der Waals surface area contributed by atoms with Crippen LogP contribution in [0.3, 0.4) is 0 Å². The molecule has 0 aliphatic rings. The van der Waals surface area contributed by atoms with Gasteiger partial charge in [0, 0.05) is 12.6 Å². The van der Waals surface area contributed by atoms with E-state index in [1.54, 1.807) is 13.8 Å². The number of aliphatic carboxylic acids is 1. The zero-order valence-corrected chi connectivity index (χ0v) is 11.5. The Morgan fingerprint density at radius 2 is 2.05 bits per heavy atom. The van der Waals surface area contributed by atoms with Crippen molar-refractivity contribution in [1.29, 1.82) is 0 Å². The Kier molecular flexibility index (Phi) is 5.02. The first kappa shape index (κ1) is 15.6. The average molecular weight is 289 g/mol. The van der Waals surface area contributed by atoms with Gasteiger partial charge in [-0.25, -0.2) is 12.8 Å². The Hall–Kier alpha value is -1.47. The smallest absolute Gasteiger partial charge is 0.304 e. The van der Waals surface area contributed by atoms with E-state index in [9.17, 15) is 17.6 Å². The molecule has 0 radical (unpaired) electrons. The van der Waals surface area contributed by atoms with Crippen LogP contribution in [0.25, 0.3) is 0 Å². The standard InChI is InChI=1S/C12H16FNO4S/c1-9(2)14(7-6-12(15)16)19(17,18)11-5-3-4-10(13)8-11/h3-5,8-9H,6-7H2,1-2H3,(H,15,16). The first-order valence-corrected chi connectivity index (χ1v) is 7.18. The van der Waals surface area contributed by atoms with Gasteiger partial charge in [-0.05, 0) is 32.0 Å². The van der Waals surface area contributed by atoms with Crippen LogP contribution in [0.2, 0.25) is 0 Å². The van der Waals surface area contributed by atoms with E-state index in [1.165, 1.54) is 12.1 Å². The largest absolute Gasteiger partial charge is 0.481 e. The van der Waals surface area contributed by atoms with E-state index in [-0.39, 0.29) is 17.9 Å². The van der Waals surface area contributed by atoms with Gasteiger partial charge in [-0.1, -0.05) is 6.07 Å². The highest BCUT2D eigenvalue weighted by Crippen LogP contribution is 2.19. The molecule has 0 saturated heterocycles. The third-order valence-electron chi connectivity index (χ3n) is 2.52. The maximum absolute atomic E-state index is 13.1. The number of halogens is 1. The Balaban J connectivity index is 3.09. The maximum atomic E-state index is 13.1. The van der Waals surface area contributed by atoms with Crippen LogP contribution in [0.5, 0.6) is 0 Å². The van der Waals surface area contributed by atoms with Gasteiger partial charge in [0.15, 0.2) is 0 Å². The lowest BCUT2D eigenvalue weighted by molar-refractivity contribution is -0.137. The van der Waals surface area contributed by atoms with E-state index in [4.69, 9.17) is 5.11 Å². The van der Waals surface area contributed by atoms with Gasteiger partial charge >= 0.3 is 5.97 Å². The fourth-order valence-electron chi connectivity index (χ4n) is 1.62. The molecule has 1 N–H and O–H groups in total. The Morgan fingerprint density at radius 1 is 1.42 bits per heavy atom. The number of nitrogens with zero attached hydrogens (tertiary/aromatic N) is 1. The van der Waals surface area contributed by atoms with E-state index < -0.39 is 27.9 Å². The molecule has 0 aromatic heterocycles. The highest BCUT2D eigenvalue weighted by atomic mass is 32.2. The summed E-state index contributed by atoms with van der Waals surface area (Å²) in [5, 5.41) is 8.64. The monoisotopic (exact) mass is 289 g/mol. The molecular weight excluding hydrogens is 273 g/mol. The minimum absolute atomic E-state index is 0.147. The van der Waals surface area contributed by atoms with Gasteiger partial charge < -0.3 is 5.11 Å². The van der Waals surface area contributed by atoms with Crippen molar-refractivity contribution in [3.8, 4) is 0 Å². The number of benzene rings is 1. The minimum atomic E-state index is -3.89. The molecule has 0 spiro atoms. The number of carbonyl (C=O) groups is 1. The van der Waals surface area contributed by atoms with E-state index in [2.05, 4.69) is 0 Å². The van der Waals surface area contributed by atoms with Crippen LogP contribution in [0.15, 0.2) is 29.2 Å². The zero-order chi connectivity index (χ0) is 14.6. The molecule has 1 rings (SSSR count). The molecule has 0 fully saturated rings. The summed E-state index contributed by atoms with van der Waals surface area (Å²) >= 11 is 0. The maximum Gasteiger partial charge on any atom is 0.304 e. The summed E-state index contributed by atoms with van der Waals surface area (Å²) in [5.74, 6) is -1.73. The van der Waals surface area contributed by atoms with Crippen molar-refractivity contribution < 1.29 is 22.7 Å². The third kappa shape index (κ3) is 4.00. The Bertz CT molecular complexity index is 557. The summed E-state index contributed by atoms with van der Waals surface area (Å²) in [6, 6.07) is 4.25. The lowest BCUT2D eigenvalue weighted by atomic mass is 10.3. The van der Waals surface area contributed by atoms with E-state index in [0.717, 1.165) is 16.4 Å². The first-order valence-electron chi connectivity index (χ1n) is 5.74. The molecule has 0 heterocycles. The van der Waals surface area contributed by atoms with Crippen LogP contribution in [0.4, 0.5) is 4.39 Å². The molecule has 0 saturated carbocycles. The molecule has 0 amide bonds. The van der Waals surface area contributed by atoms with Gasteiger partial charge in [0.2, 0.25) is 10.0 Å². The van der Waals surface area contributed by atoms with Crippen LogP contribution in [0.1, 0.15) is 20.3 Å². The van der Waals surface area contributed by atoms with Gasteiger partial charge in [-0.3, -0.25) is 4.79 Å². The van der Waals surface area contributed by atoms with Crippen molar-refractivity contribution >= 4 is 16.0 Å². The van der Waals surface area contributed by atoms with E-state index >= 15 is 0 Å². The average Bonchev–Trinajstić information content (AvgIpc) is 2.27. The van der Waals surface area contributed by atoms with Crippen molar-refractivity contribution in [3.05, 3.63) is 30.1 Å². The number of carboxylic acid groups (broad SMARTS) is 1. The normalized spacial score (nSPS) is 12.1. The molecule has 0 atom stereocenters. The summed E-state index contributed by atoms with van der Waals surface area (Å²) in [6.07, 6.45) is -0.299. The number of hydrogen-bond acceptors (Lipinski definition) is 3. The van der Waals surface area contributed by atoms with Crippen LogP contribution in [-0.4, -0.2) is 36.4 Å². The third-order valence-corrected chi connectivity index (χ3v) is 4.60. The van der Waals surface area contributed by atoms with Gasteiger partial charge in [0.1, 0.15) is 5.82 Å². The van der Waals surface area contributed by atoms with Gasteiger partial charge in [-0.2, -0.15) is 4.31 Å². The van der Waals surface area contributed by atoms with Crippen LogP contribution in [0, 0.1) is 5.82 Å². The minimum Gasteiger partial charge on any atom is -0.481 e. The quantitative estimate of drug-likeness (QED) is 0.865. The van der Waals surface area contributed by atoms with Crippen LogP contribution < -0.4 is 0 Å². The summed E-state index contributed by atoms with van der Waals surface area (Å²) in [5.41, 5.74) is 0. The second kappa shape index (κ2) is 6.12. The highest BCUT2D eigenvalue weighted by molar-refractivity contribution is 7.89. The molecule has 7 heteroatoms. The summed E-state index contributed by atoms with van der Waals surface area (Å²) < 4.78 is 38.8. The summed E-state index contributed by atoms with van der Waals surface area (Å²) in [4.78, 5) is 10.4. The SMILES string of the molecule is CC(C)N(CCC(=O)O)S(=O)(=O)c1cccc(F)c1.